The summed E-state index contributed by atoms with van der Waals surface area (Å²) >= 11 is 0. The molecule has 0 aromatic heterocycles. The Morgan fingerprint density at radius 1 is 1.17 bits per heavy atom. The zero-order valence-corrected chi connectivity index (χ0v) is 29.8. The molecule has 0 spiro atoms. The summed E-state index contributed by atoms with van der Waals surface area (Å²) < 4.78 is 17.4. The van der Waals surface area contributed by atoms with Crippen LogP contribution in [0.5, 0.6) is 28.7 Å². The molecule has 2 bridgehead atoms. The Labute approximate surface area is 282 Å². The van der Waals surface area contributed by atoms with Gasteiger partial charge in [-0.2, -0.15) is 5.26 Å². The number of likely N-dealkylation sites (N-methyl/N-ethyl adjacent to an activating group) is 1. The average Bonchev–Trinajstić information content (AvgIpc) is 3.41. The first-order chi connectivity index (χ1) is 19.6. The second-order valence-corrected chi connectivity index (χ2v) is 12.2. The van der Waals surface area contributed by atoms with Gasteiger partial charge in [0, 0.05) is 91.4 Å². The zero-order chi connectivity index (χ0) is 29.3. The normalized spacial score (nSPS) is 25.5. The van der Waals surface area contributed by atoms with E-state index < -0.39 is 12.1 Å². The second kappa shape index (κ2) is 11.7. The number of carbonyl (C=O) groups is 1. The topological polar surface area (TPSA) is 128 Å². The number of phenolic OH excluding ortho intramolecular Hbond substituents is 2. The number of hydrogen-bond donors (Lipinski definition) is 3. The molecule has 1 radical (unpaired) electrons. The summed E-state index contributed by atoms with van der Waals surface area (Å²) in [7, 11) is 3.56. The monoisotopic (exact) mass is 789 g/mol. The van der Waals surface area contributed by atoms with Crippen molar-refractivity contribution in [3.05, 3.63) is 39.4 Å². The number of nitriles is 1. The van der Waals surface area contributed by atoms with Crippen LogP contribution >= 0.6 is 0 Å². The number of aryl methyl sites for hydroxylation is 1. The van der Waals surface area contributed by atoms with Crippen LogP contribution in [0.1, 0.15) is 65.7 Å². The third kappa shape index (κ3) is 4.65. The molecule has 2 aromatic rings. The first kappa shape index (κ1) is 31.2. The minimum Gasteiger partial charge on any atom is -0.507 e. The molecule has 0 aliphatic carbocycles. The fourth-order valence-corrected chi connectivity index (χ4v) is 7.70. The van der Waals surface area contributed by atoms with E-state index in [1.807, 2.05) is 34.7 Å². The van der Waals surface area contributed by atoms with Crippen LogP contribution in [0.25, 0.3) is 0 Å². The number of methoxy groups -OCH3 is 1. The maximum Gasteiger partial charge on any atom is 0.231 e. The van der Waals surface area contributed by atoms with E-state index >= 15 is 0 Å². The number of hydrogen-bond acceptors (Lipinski definition) is 9. The maximum absolute atomic E-state index is 12.9. The van der Waals surface area contributed by atoms with E-state index in [4.69, 9.17) is 14.2 Å². The van der Waals surface area contributed by atoms with E-state index in [2.05, 4.69) is 27.3 Å². The van der Waals surface area contributed by atoms with Crippen LogP contribution < -0.4 is 19.5 Å². The molecule has 42 heavy (non-hydrogen) atoms. The molecule has 4 aliphatic heterocycles. The Morgan fingerprint density at radius 3 is 2.55 bits per heavy atom. The standard InChI is InChI=1S/C31H38N4O6.Ac/c1-14(2)7-23(36)33-12-22-25-18(27(37)16(4)30-31(25)41-13-40-30)10-20-26-24-17(8-15(3)29(39-6)28(24)38)9-19(34(26)5)21(11-32)35(20)22;/h8,14,19-22,26,37-38H,7,9-10,12-13H2,1-6H3,(H,33,36);/t19-,20?,21-,22-,26?;/m0./s1. The minimum atomic E-state index is -0.513. The summed E-state index contributed by atoms with van der Waals surface area (Å²) in [5.74, 6) is 1.90. The number of carbonyl (C=O) groups excluding carboxylic acids is 1. The summed E-state index contributed by atoms with van der Waals surface area (Å²) in [5.41, 5.74) is 4.74. The summed E-state index contributed by atoms with van der Waals surface area (Å²) in [5, 5.41) is 36.8. The molecule has 4 heterocycles. The van der Waals surface area contributed by atoms with Gasteiger partial charge < -0.3 is 29.7 Å². The molecule has 0 saturated carbocycles. The number of fused-ring (bicyclic) bond motifs is 9. The Morgan fingerprint density at radius 2 is 1.88 bits per heavy atom. The average molecular weight is 790 g/mol. The molecule has 3 N–H and O–H groups in total. The molecule has 221 valence electrons. The number of piperazine rings is 1. The number of benzene rings is 2. The molecule has 5 atom stereocenters. The predicted molar refractivity (Wildman–Crippen MR) is 150 cm³/mol. The van der Waals surface area contributed by atoms with Crippen molar-refractivity contribution in [2.24, 2.45) is 5.92 Å². The molecule has 10 nitrogen and oxygen atoms in total. The van der Waals surface area contributed by atoms with Gasteiger partial charge in [0.2, 0.25) is 12.7 Å². The molecule has 1 fully saturated rings. The fourth-order valence-electron chi connectivity index (χ4n) is 7.70. The van der Waals surface area contributed by atoms with Gasteiger partial charge in [-0.25, -0.2) is 0 Å². The van der Waals surface area contributed by atoms with Gasteiger partial charge in [-0.05, 0) is 50.8 Å². The quantitative estimate of drug-likeness (QED) is 0.418. The van der Waals surface area contributed by atoms with E-state index in [1.165, 1.54) is 0 Å². The van der Waals surface area contributed by atoms with Crippen molar-refractivity contribution in [2.75, 3.05) is 27.5 Å². The van der Waals surface area contributed by atoms with Gasteiger partial charge in [0.15, 0.2) is 23.0 Å². The molecule has 2 unspecified atom stereocenters. The van der Waals surface area contributed by atoms with E-state index in [0.717, 1.165) is 27.8 Å². The van der Waals surface area contributed by atoms with Gasteiger partial charge in [-0.15, -0.1) is 0 Å². The molecule has 1 amide bonds. The number of phenols is 2. The molecule has 2 aromatic carbocycles. The summed E-state index contributed by atoms with van der Waals surface area (Å²) in [6.07, 6.45) is 1.39. The number of ether oxygens (including phenoxy) is 3. The molecular weight excluding hydrogens is 751 g/mol. The van der Waals surface area contributed by atoms with Crippen LogP contribution in [0.2, 0.25) is 0 Å². The van der Waals surface area contributed by atoms with E-state index in [9.17, 15) is 20.3 Å². The SMILES string of the molecule is COc1c(C)cc2c(c1O)C1C3Cc4c(O)c(C)c5c(c4[C@H](CNC(=O)CC(C)C)N3[C@@H](C#N)[C@H](C2)N1C)OCO5.[Ac]. The Kier molecular flexibility index (Phi) is 8.68. The first-order valence-electron chi connectivity index (χ1n) is 14.3. The number of nitrogens with zero attached hydrogens (tertiary/aromatic N) is 3. The van der Waals surface area contributed by atoms with Crippen molar-refractivity contribution >= 4 is 5.91 Å². The van der Waals surface area contributed by atoms with Crippen molar-refractivity contribution in [1.82, 2.24) is 15.1 Å². The predicted octanol–water partition coefficient (Wildman–Crippen LogP) is 3.39. The largest absolute Gasteiger partial charge is 0.507 e. The number of nitrogens with one attached hydrogen (secondary N) is 1. The number of amides is 1. The Hall–Kier alpha value is -2.24. The van der Waals surface area contributed by atoms with Crippen molar-refractivity contribution in [3.63, 3.8) is 0 Å². The van der Waals surface area contributed by atoms with E-state index in [0.29, 0.717) is 42.1 Å². The van der Waals surface area contributed by atoms with Crippen LogP contribution in [-0.4, -0.2) is 71.5 Å². The molecule has 1 saturated heterocycles. The van der Waals surface area contributed by atoms with Crippen molar-refractivity contribution in [3.8, 4) is 34.8 Å². The molecule has 6 rings (SSSR count). The van der Waals surface area contributed by atoms with Gasteiger partial charge >= 0.3 is 0 Å². The Balaban J connectivity index is 0.00000353. The molecule has 4 aliphatic rings. The summed E-state index contributed by atoms with van der Waals surface area (Å²) in [6, 6.07) is 2.96. The second-order valence-electron chi connectivity index (χ2n) is 12.2. The maximum atomic E-state index is 12.9. The summed E-state index contributed by atoms with van der Waals surface area (Å²) in [4.78, 5) is 17.3. The first-order valence-corrected chi connectivity index (χ1v) is 14.3. The molecular formula is C31H38AcN4O6. The van der Waals surface area contributed by atoms with Gasteiger partial charge in [0.1, 0.15) is 11.8 Å². The van der Waals surface area contributed by atoms with E-state index in [-0.39, 0.29) is 98.8 Å². The third-order valence-corrected chi connectivity index (χ3v) is 9.38. The van der Waals surface area contributed by atoms with Crippen LogP contribution in [0.3, 0.4) is 0 Å². The zero-order valence-electron chi connectivity index (χ0n) is 25.0. The van der Waals surface area contributed by atoms with Gasteiger partial charge in [-0.3, -0.25) is 14.6 Å². The van der Waals surface area contributed by atoms with Crippen LogP contribution in [0, 0.1) is 75.2 Å². The van der Waals surface area contributed by atoms with Crippen LogP contribution in [0.15, 0.2) is 6.07 Å². The van der Waals surface area contributed by atoms with Crippen LogP contribution in [0.4, 0.5) is 0 Å². The Bertz CT molecular complexity index is 1470. The van der Waals surface area contributed by atoms with Gasteiger partial charge in [-0.1, -0.05) is 19.9 Å². The van der Waals surface area contributed by atoms with Crippen LogP contribution in [-0.2, 0) is 17.6 Å². The van der Waals surface area contributed by atoms with E-state index in [1.54, 1.807) is 7.11 Å². The van der Waals surface area contributed by atoms with Gasteiger partial charge in [0.25, 0.3) is 0 Å². The fraction of sp³-hybridized carbons (Fsp3) is 0.548. The van der Waals surface area contributed by atoms with Crippen molar-refractivity contribution < 1.29 is 73.3 Å². The molecule has 11 heteroatoms. The number of rotatable bonds is 5. The van der Waals surface area contributed by atoms with Crippen molar-refractivity contribution in [2.45, 2.75) is 77.2 Å². The number of aromatic hydroxyl groups is 2. The van der Waals surface area contributed by atoms with Gasteiger partial charge in [0.05, 0.1) is 25.3 Å². The smallest absolute Gasteiger partial charge is 0.231 e. The summed E-state index contributed by atoms with van der Waals surface area (Å²) in [6.45, 7) is 8.00. The third-order valence-electron chi connectivity index (χ3n) is 9.38. The minimum absolute atomic E-state index is 0. The van der Waals surface area contributed by atoms with Crippen molar-refractivity contribution in [1.29, 1.82) is 5.26 Å².